The molecule has 0 saturated heterocycles. The van der Waals surface area contributed by atoms with Gasteiger partial charge in [-0.05, 0) is 18.8 Å². The van der Waals surface area contributed by atoms with Crippen molar-refractivity contribution in [2.45, 2.75) is 65.8 Å². The van der Waals surface area contributed by atoms with Crippen LogP contribution in [0.3, 0.4) is 0 Å². The van der Waals surface area contributed by atoms with Crippen LogP contribution in [0.25, 0.3) is 0 Å². The lowest BCUT2D eigenvalue weighted by Crippen LogP contribution is -2.43. The number of amides is 2. The maximum absolute atomic E-state index is 11.8. The lowest BCUT2D eigenvalue weighted by molar-refractivity contribution is -0.128. The fourth-order valence-electron chi connectivity index (χ4n) is 2.36. The quantitative estimate of drug-likeness (QED) is 0.821. The van der Waals surface area contributed by atoms with E-state index in [4.69, 9.17) is 0 Å². The van der Waals surface area contributed by atoms with E-state index in [1.54, 1.807) is 0 Å². The maximum Gasteiger partial charge on any atom is 0.225 e. The fourth-order valence-corrected chi connectivity index (χ4v) is 2.36. The maximum atomic E-state index is 11.8. The van der Waals surface area contributed by atoms with Crippen LogP contribution in [-0.4, -0.2) is 24.4 Å². The van der Waals surface area contributed by atoms with Crippen LogP contribution in [0.4, 0.5) is 0 Å². The van der Waals surface area contributed by atoms with Crippen LogP contribution in [0.2, 0.25) is 0 Å². The number of hydrogen-bond acceptors (Lipinski definition) is 2. The number of carbonyl (C=O) groups is 2. The first-order chi connectivity index (χ1) is 8.80. The molecule has 1 saturated carbocycles. The van der Waals surface area contributed by atoms with Crippen molar-refractivity contribution in [3.63, 3.8) is 0 Å². The van der Waals surface area contributed by atoms with Crippen LogP contribution in [0, 0.1) is 11.3 Å². The minimum Gasteiger partial charge on any atom is -0.355 e. The molecule has 2 amide bonds. The van der Waals surface area contributed by atoms with Crippen molar-refractivity contribution >= 4 is 11.8 Å². The summed E-state index contributed by atoms with van der Waals surface area (Å²) in [5, 5.41) is 5.89. The molecule has 2 atom stereocenters. The minimum absolute atomic E-state index is 0.00802. The third-order valence-corrected chi connectivity index (χ3v) is 3.78. The Morgan fingerprint density at radius 1 is 1.16 bits per heavy atom. The summed E-state index contributed by atoms with van der Waals surface area (Å²) in [5.41, 5.74) is -0.394. The molecule has 1 rings (SSSR count). The first-order valence-electron chi connectivity index (χ1n) is 7.38. The average Bonchev–Trinajstić information content (AvgIpc) is 2.31. The Hall–Kier alpha value is -1.06. The van der Waals surface area contributed by atoms with Crippen LogP contribution in [0.1, 0.15) is 59.8 Å². The lowest BCUT2D eigenvalue weighted by atomic mass is 9.86. The van der Waals surface area contributed by atoms with Crippen molar-refractivity contribution in [3.05, 3.63) is 0 Å². The molecule has 19 heavy (non-hydrogen) atoms. The molecule has 110 valence electrons. The second-order valence-corrected chi connectivity index (χ2v) is 6.69. The highest BCUT2D eigenvalue weighted by Crippen LogP contribution is 2.23. The van der Waals surface area contributed by atoms with Gasteiger partial charge in [-0.2, -0.15) is 0 Å². The third-order valence-electron chi connectivity index (χ3n) is 3.78. The van der Waals surface area contributed by atoms with E-state index in [0.717, 1.165) is 6.42 Å². The molecular weight excluding hydrogens is 240 g/mol. The summed E-state index contributed by atoms with van der Waals surface area (Å²) in [6, 6.07) is 0.319. The standard InChI is InChI=1S/C15H28N2O2/c1-11-7-5-6-8-12(11)17-13(18)9-10-16-14(19)15(2,3)4/h11-12H,5-10H2,1-4H3,(H,16,19)(H,17,18). The summed E-state index contributed by atoms with van der Waals surface area (Å²) in [5.74, 6) is 0.612. The summed E-state index contributed by atoms with van der Waals surface area (Å²) >= 11 is 0. The molecule has 0 aromatic heterocycles. The Kier molecular flexibility index (Phi) is 5.83. The molecule has 1 aliphatic carbocycles. The first-order valence-corrected chi connectivity index (χ1v) is 7.38. The van der Waals surface area contributed by atoms with Gasteiger partial charge in [0.2, 0.25) is 11.8 Å². The van der Waals surface area contributed by atoms with Gasteiger partial charge in [0.05, 0.1) is 0 Å². The van der Waals surface area contributed by atoms with E-state index in [1.807, 2.05) is 20.8 Å². The van der Waals surface area contributed by atoms with E-state index >= 15 is 0 Å². The Bertz CT molecular complexity index is 321. The lowest BCUT2D eigenvalue weighted by Gasteiger charge is -2.29. The molecule has 1 aliphatic rings. The van der Waals surface area contributed by atoms with Crippen molar-refractivity contribution in [3.8, 4) is 0 Å². The van der Waals surface area contributed by atoms with E-state index in [2.05, 4.69) is 17.6 Å². The van der Waals surface area contributed by atoms with Gasteiger partial charge < -0.3 is 10.6 Å². The number of rotatable bonds is 4. The Balaban J connectivity index is 2.23. The molecule has 0 spiro atoms. The second kappa shape index (κ2) is 6.92. The minimum atomic E-state index is -0.394. The molecule has 4 nitrogen and oxygen atoms in total. The van der Waals surface area contributed by atoms with Gasteiger partial charge in [0.1, 0.15) is 0 Å². The van der Waals surface area contributed by atoms with Crippen molar-refractivity contribution in [2.75, 3.05) is 6.54 Å². The fraction of sp³-hybridized carbons (Fsp3) is 0.867. The van der Waals surface area contributed by atoms with Crippen molar-refractivity contribution in [1.82, 2.24) is 10.6 Å². The molecule has 0 aliphatic heterocycles. The van der Waals surface area contributed by atoms with Gasteiger partial charge in [0, 0.05) is 24.4 Å². The van der Waals surface area contributed by atoms with Gasteiger partial charge in [-0.3, -0.25) is 9.59 Å². The third kappa shape index (κ3) is 5.62. The highest BCUT2D eigenvalue weighted by molar-refractivity contribution is 5.82. The van der Waals surface area contributed by atoms with Gasteiger partial charge in [0.25, 0.3) is 0 Å². The van der Waals surface area contributed by atoms with Crippen molar-refractivity contribution < 1.29 is 9.59 Å². The highest BCUT2D eigenvalue weighted by Gasteiger charge is 2.23. The Labute approximate surface area is 116 Å². The molecule has 0 aromatic rings. The first kappa shape index (κ1) is 16.0. The summed E-state index contributed by atoms with van der Waals surface area (Å²) in [6.07, 6.45) is 5.13. The Morgan fingerprint density at radius 3 is 2.37 bits per heavy atom. The smallest absolute Gasteiger partial charge is 0.225 e. The molecule has 4 heteroatoms. The van der Waals surface area contributed by atoms with E-state index in [-0.39, 0.29) is 11.8 Å². The van der Waals surface area contributed by atoms with Gasteiger partial charge in [-0.25, -0.2) is 0 Å². The van der Waals surface area contributed by atoms with E-state index in [9.17, 15) is 9.59 Å². The molecule has 0 heterocycles. The zero-order valence-corrected chi connectivity index (χ0v) is 12.7. The molecule has 1 fully saturated rings. The normalized spacial score (nSPS) is 23.8. The predicted molar refractivity (Wildman–Crippen MR) is 76.6 cm³/mol. The zero-order valence-electron chi connectivity index (χ0n) is 12.7. The van der Waals surface area contributed by atoms with Crippen molar-refractivity contribution in [1.29, 1.82) is 0 Å². The molecule has 2 unspecified atom stereocenters. The van der Waals surface area contributed by atoms with E-state index in [0.29, 0.717) is 24.9 Å². The molecule has 0 bridgehead atoms. The number of nitrogens with one attached hydrogen (secondary N) is 2. The largest absolute Gasteiger partial charge is 0.355 e. The van der Waals surface area contributed by atoms with Crippen LogP contribution in [-0.2, 0) is 9.59 Å². The second-order valence-electron chi connectivity index (χ2n) is 6.69. The topological polar surface area (TPSA) is 58.2 Å². The Morgan fingerprint density at radius 2 is 1.79 bits per heavy atom. The molecule has 2 N–H and O–H groups in total. The number of carbonyl (C=O) groups excluding carboxylic acids is 2. The SMILES string of the molecule is CC1CCCCC1NC(=O)CCNC(=O)C(C)(C)C. The summed E-state index contributed by atoms with van der Waals surface area (Å²) in [4.78, 5) is 23.5. The summed E-state index contributed by atoms with van der Waals surface area (Å²) in [6.45, 7) is 8.22. The summed E-state index contributed by atoms with van der Waals surface area (Å²) in [7, 11) is 0. The van der Waals surface area contributed by atoms with Crippen LogP contribution in [0.15, 0.2) is 0 Å². The van der Waals surface area contributed by atoms with E-state index < -0.39 is 5.41 Å². The van der Waals surface area contributed by atoms with Crippen LogP contribution in [0.5, 0.6) is 0 Å². The van der Waals surface area contributed by atoms with Gasteiger partial charge in [0.15, 0.2) is 0 Å². The van der Waals surface area contributed by atoms with Gasteiger partial charge in [-0.15, -0.1) is 0 Å². The highest BCUT2D eigenvalue weighted by atomic mass is 16.2. The van der Waals surface area contributed by atoms with E-state index in [1.165, 1.54) is 19.3 Å². The number of hydrogen-bond donors (Lipinski definition) is 2. The average molecular weight is 268 g/mol. The van der Waals surface area contributed by atoms with Gasteiger partial charge >= 0.3 is 0 Å². The van der Waals surface area contributed by atoms with Crippen molar-refractivity contribution in [2.24, 2.45) is 11.3 Å². The van der Waals surface area contributed by atoms with Gasteiger partial charge in [-0.1, -0.05) is 40.5 Å². The molecule has 0 aromatic carbocycles. The zero-order chi connectivity index (χ0) is 14.5. The summed E-state index contributed by atoms with van der Waals surface area (Å²) < 4.78 is 0. The predicted octanol–water partition coefficient (Wildman–Crippen LogP) is 2.23. The monoisotopic (exact) mass is 268 g/mol. The molecule has 0 radical (unpaired) electrons. The van der Waals surface area contributed by atoms with Crippen LogP contribution < -0.4 is 10.6 Å². The molecular formula is C15H28N2O2. The van der Waals surface area contributed by atoms with Crippen LogP contribution >= 0.6 is 0 Å².